The summed E-state index contributed by atoms with van der Waals surface area (Å²) in [7, 11) is 0. The van der Waals surface area contributed by atoms with E-state index >= 15 is 0 Å². The van der Waals surface area contributed by atoms with Crippen molar-refractivity contribution in [3.8, 4) is 0 Å². The molecule has 2 aromatic heterocycles. The molecule has 174 valence electrons. The fourth-order valence-corrected chi connectivity index (χ4v) is 5.50. The minimum absolute atomic E-state index is 0.0514. The maximum absolute atomic E-state index is 13.2. The molecule has 3 aromatic rings. The van der Waals surface area contributed by atoms with Crippen LogP contribution in [0.15, 0.2) is 46.7 Å². The lowest BCUT2D eigenvalue weighted by Crippen LogP contribution is -2.41. The van der Waals surface area contributed by atoms with Crippen LogP contribution in [0.2, 0.25) is 0 Å². The highest BCUT2D eigenvalue weighted by atomic mass is 32.1. The molecule has 0 bridgehead atoms. The van der Waals surface area contributed by atoms with Crippen molar-refractivity contribution in [2.75, 3.05) is 0 Å². The zero-order valence-corrected chi connectivity index (χ0v) is 19.7. The molecule has 3 heterocycles. The van der Waals surface area contributed by atoms with E-state index in [1.54, 1.807) is 24.4 Å². The first-order valence-corrected chi connectivity index (χ1v) is 12.4. The van der Waals surface area contributed by atoms with Gasteiger partial charge in [-0.1, -0.05) is 30.8 Å². The zero-order chi connectivity index (χ0) is 24.0. The molecule has 0 spiro atoms. The number of aromatic nitrogens is 2. The molecule has 1 saturated carbocycles. The molecule has 1 unspecified atom stereocenters. The van der Waals surface area contributed by atoms with Crippen molar-refractivity contribution in [2.45, 2.75) is 57.4 Å². The molecule has 1 atom stereocenters. The maximum Gasteiger partial charge on any atom is 0.262 e. The fourth-order valence-electron chi connectivity index (χ4n) is 4.54. The molecule has 5 rings (SSSR count). The van der Waals surface area contributed by atoms with Gasteiger partial charge in [-0.25, -0.2) is 4.98 Å². The topological polar surface area (TPSA) is 98.1 Å². The summed E-state index contributed by atoms with van der Waals surface area (Å²) in [6.07, 6.45) is 3.85. The molecular formula is C26H25N3O4S. The number of allylic oxidation sites excluding steroid dienone is 1. The summed E-state index contributed by atoms with van der Waals surface area (Å²) >= 11 is 1.35. The molecule has 1 aromatic carbocycles. The van der Waals surface area contributed by atoms with Gasteiger partial charge in [-0.15, -0.1) is 11.3 Å². The maximum atomic E-state index is 13.2. The number of Topliss-reactive ketones (excluding diaryl/α,β-unsaturated/α-hetero) is 2. The first-order valence-electron chi connectivity index (χ1n) is 11.5. The minimum atomic E-state index is -0.622. The van der Waals surface area contributed by atoms with E-state index in [1.807, 2.05) is 12.1 Å². The average molecular weight is 476 g/mol. The van der Waals surface area contributed by atoms with Crippen LogP contribution >= 0.6 is 11.3 Å². The van der Waals surface area contributed by atoms with Gasteiger partial charge < -0.3 is 5.32 Å². The summed E-state index contributed by atoms with van der Waals surface area (Å²) in [6, 6.07) is 6.72. The molecular weight excluding hydrogens is 450 g/mol. The van der Waals surface area contributed by atoms with Crippen molar-refractivity contribution in [2.24, 2.45) is 0 Å². The Bertz CT molecular complexity index is 1400. The SMILES string of the molecule is C=C1CCC(n2c(C)nc3c(CCC(=O)C(=O)c4ccc(C5CC5)cc4)scc3c2=O)C(=O)N1. The first-order chi connectivity index (χ1) is 16.3. The highest BCUT2D eigenvalue weighted by Crippen LogP contribution is 2.40. The van der Waals surface area contributed by atoms with E-state index in [0.29, 0.717) is 53.2 Å². The van der Waals surface area contributed by atoms with Crippen molar-refractivity contribution in [1.82, 2.24) is 14.9 Å². The van der Waals surface area contributed by atoms with E-state index in [4.69, 9.17) is 0 Å². The second-order valence-electron chi connectivity index (χ2n) is 9.05. The third kappa shape index (κ3) is 4.14. The second kappa shape index (κ2) is 8.76. The lowest BCUT2D eigenvalue weighted by Gasteiger charge is -2.26. The smallest absolute Gasteiger partial charge is 0.262 e. The lowest BCUT2D eigenvalue weighted by atomic mass is 10.0. The van der Waals surface area contributed by atoms with Gasteiger partial charge in [0.15, 0.2) is 0 Å². The fraction of sp³-hybridized carbons (Fsp3) is 0.346. The van der Waals surface area contributed by atoms with E-state index < -0.39 is 17.6 Å². The minimum Gasteiger partial charge on any atom is -0.329 e. The number of rotatable bonds is 7. The Hall–Kier alpha value is -3.39. The van der Waals surface area contributed by atoms with Crippen LogP contribution in [0.25, 0.3) is 10.9 Å². The molecule has 8 heteroatoms. The van der Waals surface area contributed by atoms with Crippen LogP contribution in [-0.2, 0) is 16.0 Å². The Morgan fingerprint density at radius 3 is 2.59 bits per heavy atom. The number of nitrogens with one attached hydrogen (secondary N) is 1. The molecule has 2 fully saturated rings. The number of fused-ring (bicyclic) bond motifs is 1. The summed E-state index contributed by atoms with van der Waals surface area (Å²) in [5, 5.41) is 4.86. The standard InChI is InChI=1S/C26H25N3O4S/c1-14-3-10-20(25(32)27-14)29-15(2)28-23-19(26(29)33)13-34-22(23)12-11-21(30)24(31)18-8-6-17(7-9-18)16-4-5-16/h6-9,13,16,20H,1,3-5,10-12H2,2H3,(H,27,32). The van der Waals surface area contributed by atoms with Gasteiger partial charge in [0.05, 0.1) is 10.9 Å². The van der Waals surface area contributed by atoms with Gasteiger partial charge in [0.25, 0.3) is 5.56 Å². The van der Waals surface area contributed by atoms with E-state index in [2.05, 4.69) is 16.9 Å². The number of amides is 1. The largest absolute Gasteiger partial charge is 0.329 e. The van der Waals surface area contributed by atoms with Crippen LogP contribution in [0.3, 0.4) is 0 Å². The summed E-state index contributed by atoms with van der Waals surface area (Å²) in [5.41, 5.74) is 2.55. The van der Waals surface area contributed by atoms with Gasteiger partial charge in [0.1, 0.15) is 11.9 Å². The number of ketones is 2. The van der Waals surface area contributed by atoms with Gasteiger partial charge in [-0.3, -0.25) is 23.7 Å². The number of carbonyl (C=O) groups excluding carboxylic acids is 3. The van der Waals surface area contributed by atoms with E-state index in [0.717, 1.165) is 4.88 Å². The van der Waals surface area contributed by atoms with Crippen LogP contribution in [0.1, 0.15) is 70.7 Å². The molecule has 7 nitrogen and oxygen atoms in total. The van der Waals surface area contributed by atoms with E-state index in [-0.39, 0.29) is 17.9 Å². The van der Waals surface area contributed by atoms with E-state index in [1.165, 1.54) is 34.3 Å². The highest BCUT2D eigenvalue weighted by Gasteiger charge is 2.29. The molecule has 0 radical (unpaired) electrons. The Balaban J connectivity index is 1.33. The third-order valence-electron chi connectivity index (χ3n) is 6.60. The third-order valence-corrected chi connectivity index (χ3v) is 7.63. The zero-order valence-electron chi connectivity index (χ0n) is 18.9. The number of piperidine rings is 1. The Labute approximate surface area is 200 Å². The predicted octanol–water partition coefficient (Wildman–Crippen LogP) is 3.99. The van der Waals surface area contributed by atoms with Crippen molar-refractivity contribution in [3.63, 3.8) is 0 Å². The van der Waals surface area contributed by atoms with Crippen molar-refractivity contribution < 1.29 is 14.4 Å². The Morgan fingerprint density at radius 2 is 1.91 bits per heavy atom. The van der Waals surface area contributed by atoms with Crippen LogP contribution in [0.5, 0.6) is 0 Å². The van der Waals surface area contributed by atoms with Gasteiger partial charge in [0, 0.05) is 27.9 Å². The lowest BCUT2D eigenvalue weighted by molar-refractivity contribution is -0.125. The molecule has 1 amide bonds. The first kappa shape index (κ1) is 22.4. The number of hydrogen-bond acceptors (Lipinski definition) is 6. The summed E-state index contributed by atoms with van der Waals surface area (Å²) in [5.74, 6) is -0.153. The normalized spacial score (nSPS) is 18.2. The average Bonchev–Trinajstić information content (AvgIpc) is 3.59. The summed E-state index contributed by atoms with van der Waals surface area (Å²) in [6.45, 7) is 5.49. The summed E-state index contributed by atoms with van der Waals surface area (Å²) in [4.78, 5) is 56.2. The Morgan fingerprint density at radius 1 is 1.18 bits per heavy atom. The molecule has 34 heavy (non-hydrogen) atoms. The van der Waals surface area contributed by atoms with Crippen molar-refractivity contribution >= 4 is 39.7 Å². The number of nitrogens with zero attached hydrogens (tertiary/aromatic N) is 2. The quantitative estimate of drug-likeness (QED) is 0.412. The van der Waals surface area contributed by atoms with Crippen LogP contribution in [0, 0.1) is 6.92 Å². The number of thiophene rings is 1. The van der Waals surface area contributed by atoms with Gasteiger partial charge in [-0.05, 0) is 50.5 Å². The van der Waals surface area contributed by atoms with Gasteiger partial charge in [-0.2, -0.15) is 0 Å². The number of benzene rings is 1. The second-order valence-corrected chi connectivity index (χ2v) is 10.0. The number of carbonyl (C=O) groups is 3. The number of hydrogen-bond donors (Lipinski definition) is 1. The van der Waals surface area contributed by atoms with Gasteiger partial charge >= 0.3 is 0 Å². The Kier molecular flexibility index (Phi) is 5.77. The van der Waals surface area contributed by atoms with Gasteiger partial charge in [0.2, 0.25) is 17.5 Å². The van der Waals surface area contributed by atoms with Crippen molar-refractivity contribution in [1.29, 1.82) is 0 Å². The van der Waals surface area contributed by atoms with Crippen LogP contribution in [-0.4, -0.2) is 27.0 Å². The van der Waals surface area contributed by atoms with Crippen LogP contribution in [0.4, 0.5) is 0 Å². The number of aryl methyl sites for hydroxylation is 2. The van der Waals surface area contributed by atoms with Crippen LogP contribution < -0.4 is 10.9 Å². The van der Waals surface area contributed by atoms with Crippen molar-refractivity contribution in [3.05, 3.63) is 74.1 Å². The molecule has 1 aliphatic heterocycles. The molecule has 1 N–H and O–H groups in total. The van der Waals surface area contributed by atoms with E-state index in [9.17, 15) is 19.2 Å². The predicted molar refractivity (Wildman–Crippen MR) is 130 cm³/mol. The molecule has 1 aliphatic carbocycles. The highest BCUT2D eigenvalue weighted by molar-refractivity contribution is 7.11. The monoisotopic (exact) mass is 475 g/mol. The molecule has 2 aliphatic rings. The summed E-state index contributed by atoms with van der Waals surface area (Å²) < 4.78 is 1.45. The molecule has 1 saturated heterocycles.